The molecule has 2 atom stereocenters. The summed E-state index contributed by atoms with van der Waals surface area (Å²) in [4.78, 5) is 12.9. The lowest BCUT2D eigenvalue weighted by Gasteiger charge is -2.27. The highest BCUT2D eigenvalue weighted by atomic mass is 19.1. The number of alkyl halides is 1. The number of likely N-dealkylation sites (tertiary alicyclic amines) is 1. The van der Waals surface area contributed by atoms with Crippen molar-refractivity contribution in [1.29, 1.82) is 0 Å². The first-order chi connectivity index (χ1) is 11.0. The number of oxazole rings is 1. The lowest BCUT2D eigenvalue weighted by Crippen LogP contribution is -2.38. The van der Waals surface area contributed by atoms with Gasteiger partial charge in [0, 0.05) is 38.6 Å². The summed E-state index contributed by atoms with van der Waals surface area (Å²) >= 11 is 0. The molecule has 0 aromatic carbocycles. The van der Waals surface area contributed by atoms with Crippen molar-refractivity contribution >= 4 is 0 Å². The fourth-order valence-corrected chi connectivity index (χ4v) is 3.17. The van der Waals surface area contributed by atoms with Crippen LogP contribution in [0.4, 0.5) is 4.39 Å². The van der Waals surface area contributed by atoms with Crippen LogP contribution in [0.3, 0.4) is 0 Å². The van der Waals surface area contributed by atoms with E-state index in [1.54, 1.807) is 12.4 Å². The van der Waals surface area contributed by atoms with Crippen molar-refractivity contribution in [2.24, 2.45) is 7.05 Å². The predicted octanol–water partition coefficient (Wildman–Crippen LogP) is 1.76. The van der Waals surface area contributed by atoms with Gasteiger partial charge in [-0.3, -0.25) is 9.80 Å². The third-order valence-corrected chi connectivity index (χ3v) is 4.34. The molecule has 1 aliphatic heterocycles. The Morgan fingerprint density at radius 1 is 1.43 bits per heavy atom. The molecule has 1 fully saturated rings. The van der Waals surface area contributed by atoms with Crippen LogP contribution in [0.25, 0.3) is 0 Å². The van der Waals surface area contributed by atoms with E-state index in [4.69, 9.17) is 4.42 Å². The summed E-state index contributed by atoms with van der Waals surface area (Å²) in [6.45, 7) is 4.46. The van der Waals surface area contributed by atoms with Gasteiger partial charge >= 0.3 is 0 Å². The molecule has 0 radical (unpaired) electrons. The molecule has 2 aromatic rings. The second kappa shape index (κ2) is 6.80. The van der Waals surface area contributed by atoms with Gasteiger partial charge in [0.25, 0.3) is 0 Å². The highest BCUT2D eigenvalue weighted by Crippen LogP contribution is 2.23. The molecular weight excluding hydrogens is 297 g/mol. The smallest absolute Gasteiger partial charge is 0.208 e. The van der Waals surface area contributed by atoms with Crippen LogP contribution in [0.5, 0.6) is 0 Å². The van der Waals surface area contributed by atoms with Gasteiger partial charge in [0.15, 0.2) is 0 Å². The highest BCUT2D eigenvalue weighted by Gasteiger charge is 2.33. The minimum absolute atomic E-state index is 0.183. The number of halogens is 1. The molecule has 6 nitrogen and oxygen atoms in total. The average molecular weight is 321 g/mol. The molecule has 2 aromatic heterocycles. The molecule has 0 bridgehead atoms. The van der Waals surface area contributed by atoms with E-state index in [2.05, 4.69) is 19.8 Å². The number of hydrogen-bond acceptors (Lipinski definition) is 5. The summed E-state index contributed by atoms with van der Waals surface area (Å²) in [7, 11) is 3.99. The van der Waals surface area contributed by atoms with Gasteiger partial charge < -0.3 is 8.98 Å². The molecule has 7 heteroatoms. The number of aryl methyl sites for hydroxylation is 2. The second-order valence-corrected chi connectivity index (χ2v) is 6.43. The zero-order valence-corrected chi connectivity index (χ0v) is 13.9. The second-order valence-electron chi connectivity index (χ2n) is 6.43. The van der Waals surface area contributed by atoms with Gasteiger partial charge in [0.2, 0.25) is 5.89 Å². The minimum Gasteiger partial charge on any atom is -0.445 e. The molecule has 0 saturated carbocycles. The number of aromatic nitrogens is 3. The van der Waals surface area contributed by atoms with Gasteiger partial charge in [0.05, 0.1) is 19.3 Å². The van der Waals surface area contributed by atoms with Crippen LogP contribution in [0, 0.1) is 6.92 Å². The molecule has 0 amide bonds. The molecule has 0 aliphatic carbocycles. The summed E-state index contributed by atoms with van der Waals surface area (Å²) in [5.74, 6) is 2.49. The Labute approximate surface area is 135 Å². The van der Waals surface area contributed by atoms with Gasteiger partial charge in [-0.15, -0.1) is 0 Å². The Kier molecular flexibility index (Phi) is 4.77. The van der Waals surface area contributed by atoms with Crippen molar-refractivity contribution < 1.29 is 8.81 Å². The van der Waals surface area contributed by atoms with E-state index < -0.39 is 6.17 Å². The van der Waals surface area contributed by atoms with Gasteiger partial charge in [-0.25, -0.2) is 14.4 Å². The topological polar surface area (TPSA) is 50.3 Å². The van der Waals surface area contributed by atoms with Gasteiger partial charge in [0.1, 0.15) is 17.8 Å². The molecule has 1 saturated heterocycles. The quantitative estimate of drug-likeness (QED) is 0.811. The maximum Gasteiger partial charge on any atom is 0.208 e. The fraction of sp³-hybridized carbons (Fsp3) is 0.625. The summed E-state index contributed by atoms with van der Waals surface area (Å²) in [6.07, 6.45) is 5.23. The number of hydrogen-bond donors (Lipinski definition) is 0. The van der Waals surface area contributed by atoms with E-state index in [0.717, 1.165) is 18.1 Å². The van der Waals surface area contributed by atoms with E-state index in [-0.39, 0.29) is 6.04 Å². The van der Waals surface area contributed by atoms with Crippen LogP contribution in [-0.4, -0.2) is 56.7 Å². The molecule has 0 spiro atoms. The maximum atomic E-state index is 13.9. The summed E-state index contributed by atoms with van der Waals surface area (Å²) in [5, 5.41) is 0. The Hall–Kier alpha value is -1.73. The lowest BCUT2D eigenvalue weighted by atomic mass is 10.2. The van der Waals surface area contributed by atoms with Crippen molar-refractivity contribution in [3.05, 3.63) is 36.1 Å². The highest BCUT2D eigenvalue weighted by molar-refractivity contribution is 4.96. The van der Waals surface area contributed by atoms with E-state index >= 15 is 0 Å². The zero-order valence-electron chi connectivity index (χ0n) is 13.9. The molecule has 1 aliphatic rings. The first-order valence-corrected chi connectivity index (χ1v) is 7.95. The Balaban J connectivity index is 1.59. The van der Waals surface area contributed by atoms with Crippen LogP contribution in [0.2, 0.25) is 0 Å². The van der Waals surface area contributed by atoms with Crippen LogP contribution in [0.15, 0.2) is 23.0 Å². The number of rotatable bonds is 6. The Morgan fingerprint density at radius 3 is 2.91 bits per heavy atom. The van der Waals surface area contributed by atoms with Crippen molar-refractivity contribution in [3.8, 4) is 0 Å². The predicted molar refractivity (Wildman–Crippen MR) is 84.5 cm³/mol. The van der Waals surface area contributed by atoms with Crippen LogP contribution < -0.4 is 0 Å². The average Bonchev–Trinajstić information content (AvgIpc) is 3.15. The van der Waals surface area contributed by atoms with Crippen molar-refractivity contribution in [1.82, 2.24) is 24.3 Å². The Bertz CT molecular complexity index is 640. The molecule has 126 valence electrons. The zero-order chi connectivity index (χ0) is 16.4. The van der Waals surface area contributed by atoms with E-state index in [1.807, 2.05) is 31.8 Å². The molecular formula is C16H24FN5O. The van der Waals surface area contributed by atoms with Crippen LogP contribution >= 0.6 is 0 Å². The van der Waals surface area contributed by atoms with E-state index in [0.29, 0.717) is 31.9 Å². The Morgan fingerprint density at radius 2 is 2.26 bits per heavy atom. The molecule has 23 heavy (non-hydrogen) atoms. The standard InChI is InChI=1S/C16H24FN5O/c1-12-7-19-16(23-12)11-20(2)9-14-6-13(17)8-22(14)10-15-18-4-5-21(15)3/h4-5,7,13-14H,6,8-11H2,1-3H3/t13-,14-/m0/s1. The maximum absolute atomic E-state index is 13.9. The number of likely N-dealkylation sites (N-methyl/N-ethyl adjacent to an activating group) is 1. The monoisotopic (exact) mass is 321 g/mol. The van der Waals surface area contributed by atoms with Crippen molar-refractivity contribution in [3.63, 3.8) is 0 Å². The van der Waals surface area contributed by atoms with E-state index in [1.165, 1.54) is 0 Å². The third kappa shape index (κ3) is 3.97. The minimum atomic E-state index is -0.766. The lowest BCUT2D eigenvalue weighted by molar-refractivity contribution is 0.169. The SMILES string of the molecule is Cc1cnc(CN(C)C[C@@H]2C[C@H](F)CN2Cc2nccn2C)o1. The van der Waals surface area contributed by atoms with Crippen LogP contribution in [0.1, 0.15) is 23.9 Å². The molecule has 3 rings (SSSR count). The van der Waals surface area contributed by atoms with Crippen molar-refractivity contribution in [2.75, 3.05) is 20.1 Å². The summed E-state index contributed by atoms with van der Waals surface area (Å²) < 4.78 is 21.4. The molecule has 3 heterocycles. The van der Waals surface area contributed by atoms with Gasteiger partial charge in [-0.1, -0.05) is 0 Å². The summed E-state index contributed by atoms with van der Waals surface area (Å²) in [6, 6.07) is 0.183. The van der Waals surface area contributed by atoms with Crippen LogP contribution in [-0.2, 0) is 20.1 Å². The summed E-state index contributed by atoms with van der Waals surface area (Å²) in [5.41, 5.74) is 0. The van der Waals surface area contributed by atoms with Gasteiger partial charge in [-0.05, 0) is 20.4 Å². The van der Waals surface area contributed by atoms with Gasteiger partial charge in [-0.2, -0.15) is 0 Å². The first kappa shape index (κ1) is 16.1. The normalized spacial score (nSPS) is 22.3. The third-order valence-electron chi connectivity index (χ3n) is 4.34. The molecule has 0 N–H and O–H groups in total. The molecule has 0 unspecified atom stereocenters. The van der Waals surface area contributed by atoms with Crippen molar-refractivity contribution in [2.45, 2.75) is 38.6 Å². The number of nitrogens with zero attached hydrogens (tertiary/aromatic N) is 5. The number of imidazole rings is 1. The van der Waals surface area contributed by atoms with E-state index in [9.17, 15) is 4.39 Å². The fourth-order valence-electron chi connectivity index (χ4n) is 3.17. The largest absolute Gasteiger partial charge is 0.445 e. The first-order valence-electron chi connectivity index (χ1n) is 7.95.